The maximum atomic E-state index is 2.51. The van der Waals surface area contributed by atoms with Gasteiger partial charge in [0.25, 0.3) is 0 Å². The van der Waals surface area contributed by atoms with Crippen molar-refractivity contribution in [2.75, 3.05) is 9.80 Å². The number of nitrogens with zero attached hydrogens (tertiary/aromatic N) is 2. The molecular weight excluding hydrogens is 832 g/mol. The van der Waals surface area contributed by atoms with Gasteiger partial charge in [0.2, 0.25) is 6.71 Å². The Labute approximate surface area is 409 Å². The summed E-state index contributed by atoms with van der Waals surface area (Å²) < 4.78 is 0. The number of benzene rings is 10. The van der Waals surface area contributed by atoms with Crippen LogP contribution in [0.4, 0.5) is 34.1 Å². The predicted octanol–water partition coefficient (Wildman–Crippen LogP) is 16.0. The second-order valence-corrected chi connectivity index (χ2v) is 18.5. The Morgan fingerprint density at radius 3 is 0.957 bits per heavy atom. The van der Waals surface area contributed by atoms with Crippen molar-refractivity contribution in [2.24, 2.45) is 0 Å². The Morgan fingerprint density at radius 1 is 0.275 bits per heavy atom. The highest BCUT2D eigenvalue weighted by Gasteiger charge is 2.32. The average molecular weight is 889 g/mol. The van der Waals surface area contributed by atoms with Gasteiger partial charge < -0.3 is 9.80 Å². The molecule has 0 aliphatic rings. The fourth-order valence-electron chi connectivity index (χ4n) is 10.8. The third-order valence-electron chi connectivity index (χ3n) is 13.6. The summed E-state index contributed by atoms with van der Waals surface area (Å²) in [5, 5.41) is 0. The summed E-state index contributed by atoms with van der Waals surface area (Å²) in [6, 6.07) is 86.4. The van der Waals surface area contributed by atoms with E-state index in [1.54, 1.807) is 0 Å². The van der Waals surface area contributed by atoms with E-state index in [0.717, 1.165) is 39.7 Å². The lowest BCUT2D eigenvalue weighted by Crippen LogP contribution is -2.56. The summed E-state index contributed by atoms with van der Waals surface area (Å²) in [6.07, 6.45) is 0. The van der Waals surface area contributed by atoms with Gasteiger partial charge in [0.15, 0.2) is 0 Å². The Morgan fingerprint density at radius 2 is 0.580 bits per heavy atom. The van der Waals surface area contributed by atoms with Crippen LogP contribution in [0, 0.1) is 41.5 Å². The van der Waals surface area contributed by atoms with Crippen LogP contribution in [0.15, 0.2) is 237 Å². The van der Waals surface area contributed by atoms with Crippen LogP contribution in [-0.4, -0.2) is 6.71 Å². The highest BCUT2D eigenvalue weighted by molar-refractivity contribution is 6.97. The minimum absolute atomic E-state index is 0.0432. The molecule has 10 rings (SSSR count). The summed E-state index contributed by atoms with van der Waals surface area (Å²) in [5.41, 5.74) is 25.6. The van der Waals surface area contributed by atoms with Crippen molar-refractivity contribution in [3.8, 4) is 33.4 Å². The minimum atomic E-state index is -0.0432. The summed E-state index contributed by atoms with van der Waals surface area (Å²) in [7, 11) is 0. The molecule has 0 unspecified atom stereocenters. The topological polar surface area (TPSA) is 6.48 Å². The molecule has 0 aliphatic carbocycles. The number of para-hydroxylation sites is 6. The van der Waals surface area contributed by atoms with Crippen molar-refractivity contribution in [2.45, 2.75) is 41.5 Å². The van der Waals surface area contributed by atoms with E-state index in [1.165, 1.54) is 77.6 Å². The van der Waals surface area contributed by atoms with Crippen molar-refractivity contribution < 1.29 is 0 Å². The fourth-order valence-corrected chi connectivity index (χ4v) is 10.8. The molecule has 0 saturated heterocycles. The molecule has 0 radical (unpaired) electrons. The van der Waals surface area contributed by atoms with Gasteiger partial charge in [-0.25, -0.2) is 0 Å². The van der Waals surface area contributed by atoms with E-state index in [0.29, 0.717) is 0 Å². The maximum Gasteiger partial charge on any atom is 0.243 e. The number of hydrogen-bond acceptors (Lipinski definition) is 2. The van der Waals surface area contributed by atoms with E-state index in [4.69, 9.17) is 0 Å². The molecule has 334 valence electrons. The monoisotopic (exact) mass is 888 g/mol. The zero-order valence-electron chi connectivity index (χ0n) is 40.5. The number of hydrogen-bond donors (Lipinski definition) is 0. The highest BCUT2D eigenvalue weighted by atomic mass is 15.1. The van der Waals surface area contributed by atoms with E-state index < -0.39 is 0 Å². The smallest absolute Gasteiger partial charge is 0.243 e. The van der Waals surface area contributed by atoms with Crippen LogP contribution in [0.1, 0.15) is 33.4 Å². The molecule has 69 heavy (non-hydrogen) atoms. The summed E-state index contributed by atoms with van der Waals surface area (Å²) in [5.74, 6) is 0. The molecule has 0 bridgehead atoms. The summed E-state index contributed by atoms with van der Waals surface area (Å²) in [6.45, 7) is 13.6. The Bertz CT molecular complexity index is 3200. The molecule has 0 amide bonds. The molecule has 0 aromatic heterocycles. The van der Waals surface area contributed by atoms with Crippen LogP contribution in [0.25, 0.3) is 33.4 Å². The first-order chi connectivity index (χ1) is 33.7. The van der Waals surface area contributed by atoms with Gasteiger partial charge in [-0.3, -0.25) is 0 Å². The Hall–Kier alpha value is -8.14. The lowest BCUT2D eigenvalue weighted by Gasteiger charge is -2.29. The summed E-state index contributed by atoms with van der Waals surface area (Å²) >= 11 is 0. The lowest BCUT2D eigenvalue weighted by molar-refractivity contribution is 1.28. The van der Waals surface area contributed by atoms with Crippen LogP contribution < -0.4 is 26.2 Å². The SMILES string of the molecule is Cc1cc(C)c(B(c2cc(-c3ccccc3N(c3ccccc3)c3ccccc3)ccc2-c2ccc(-c3ccccc3N(c3ccccc3)c3ccccc3)cc2)c2c(C)cc(C)cc2C)c(C)c1. The highest BCUT2D eigenvalue weighted by Crippen LogP contribution is 2.43. The van der Waals surface area contributed by atoms with Crippen LogP contribution in [0.5, 0.6) is 0 Å². The van der Waals surface area contributed by atoms with Crippen molar-refractivity contribution >= 4 is 57.2 Å². The van der Waals surface area contributed by atoms with Crippen LogP contribution in [-0.2, 0) is 0 Å². The molecule has 10 aromatic rings. The molecular formula is C66H57BN2. The second kappa shape index (κ2) is 19.6. The summed E-state index contributed by atoms with van der Waals surface area (Å²) in [4.78, 5) is 4.74. The Kier molecular flexibility index (Phi) is 12.7. The van der Waals surface area contributed by atoms with Crippen molar-refractivity contribution in [1.82, 2.24) is 0 Å². The zero-order chi connectivity index (χ0) is 47.4. The third kappa shape index (κ3) is 9.05. The van der Waals surface area contributed by atoms with Gasteiger partial charge in [0.1, 0.15) is 0 Å². The zero-order valence-corrected chi connectivity index (χ0v) is 40.5. The minimum Gasteiger partial charge on any atom is -0.310 e. The van der Waals surface area contributed by atoms with Crippen molar-refractivity contribution in [1.29, 1.82) is 0 Å². The molecule has 3 heteroatoms. The fraction of sp³-hybridized carbons (Fsp3) is 0.0909. The molecule has 0 aliphatic heterocycles. The van der Waals surface area contributed by atoms with Gasteiger partial charge in [-0.2, -0.15) is 0 Å². The van der Waals surface area contributed by atoms with E-state index in [-0.39, 0.29) is 6.71 Å². The van der Waals surface area contributed by atoms with Crippen molar-refractivity contribution in [3.63, 3.8) is 0 Å². The lowest BCUT2D eigenvalue weighted by atomic mass is 9.33. The van der Waals surface area contributed by atoms with Crippen molar-refractivity contribution in [3.05, 3.63) is 270 Å². The van der Waals surface area contributed by atoms with E-state index in [9.17, 15) is 0 Å². The predicted molar refractivity (Wildman–Crippen MR) is 298 cm³/mol. The first-order valence-corrected chi connectivity index (χ1v) is 24.1. The van der Waals surface area contributed by atoms with Crippen LogP contribution in [0.2, 0.25) is 0 Å². The molecule has 0 fully saturated rings. The van der Waals surface area contributed by atoms with E-state index >= 15 is 0 Å². The quantitative estimate of drug-likeness (QED) is 0.113. The molecule has 0 saturated carbocycles. The van der Waals surface area contributed by atoms with E-state index in [2.05, 4.69) is 288 Å². The number of rotatable bonds is 12. The van der Waals surface area contributed by atoms with Crippen LogP contribution in [0.3, 0.4) is 0 Å². The first kappa shape index (κ1) is 44.7. The normalized spacial score (nSPS) is 11.0. The van der Waals surface area contributed by atoms with Gasteiger partial charge in [-0.05, 0) is 124 Å². The van der Waals surface area contributed by atoms with Gasteiger partial charge in [-0.15, -0.1) is 0 Å². The first-order valence-electron chi connectivity index (χ1n) is 24.1. The number of anilines is 6. The average Bonchev–Trinajstić information content (AvgIpc) is 3.37. The maximum absolute atomic E-state index is 2.51. The molecule has 0 spiro atoms. The molecule has 2 nitrogen and oxygen atoms in total. The molecule has 10 aromatic carbocycles. The van der Waals surface area contributed by atoms with Gasteiger partial charge in [0, 0.05) is 33.9 Å². The third-order valence-corrected chi connectivity index (χ3v) is 13.6. The second-order valence-electron chi connectivity index (χ2n) is 18.5. The largest absolute Gasteiger partial charge is 0.310 e. The number of aryl methyl sites for hydroxylation is 6. The molecule has 0 heterocycles. The Balaban J connectivity index is 1.19. The van der Waals surface area contributed by atoms with Gasteiger partial charge in [-0.1, -0.05) is 226 Å². The molecule has 0 atom stereocenters. The van der Waals surface area contributed by atoms with E-state index in [1.807, 2.05) is 0 Å². The van der Waals surface area contributed by atoms with Gasteiger partial charge >= 0.3 is 0 Å². The molecule has 0 N–H and O–H groups in total. The van der Waals surface area contributed by atoms with Gasteiger partial charge in [0.05, 0.1) is 11.4 Å². The standard InChI is InChI=1S/C66H57BN2/c1-46-41-48(3)65(49(4)42-46)67(66-50(5)43-47(2)44-51(66)6)62-45-54(61-32-20-22-34-64(61)69(57-27-15-9-16-28-57)58-29-17-10-18-30-58)39-40-59(62)52-35-37-53(38-36-52)60-31-19-21-33-63(60)68(55-23-11-7-12-24-55)56-25-13-8-14-26-56/h7-45H,1-6H3. The van der Waals surface area contributed by atoms with Crippen LogP contribution >= 0.6 is 0 Å².